The summed E-state index contributed by atoms with van der Waals surface area (Å²) in [5, 5.41) is 0. The second-order valence-electron chi connectivity index (χ2n) is 7.33. The molecule has 4 rings (SSSR count). The van der Waals surface area contributed by atoms with Crippen LogP contribution in [0.15, 0.2) is 35.4 Å². The normalized spacial score (nSPS) is 19.4. The number of ether oxygens (including phenoxy) is 1. The van der Waals surface area contributed by atoms with E-state index in [0.29, 0.717) is 44.2 Å². The van der Waals surface area contributed by atoms with E-state index in [-0.39, 0.29) is 23.8 Å². The van der Waals surface area contributed by atoms with Gasteiger partial charge in [-0.3, -0.25) is 29.2 Å². The average Bonchev–Trinajstić information content (AvgIpc) is 2.99. The van der Waals surface area contributed by atoms with Crippen LogP contribution >= 0.6 is 0 Å². The van der Waals surface area contributed by atoms with E-state index in [9.17, 15) is 14.4 Å². The first-order valence-electron chi connectivity index (χ1n) is 9.87. The van der Waals surface area contributed by atoms with Crippen LogP contribution in [-0.2, 0) is 16.1 Å². The third kappa shape index (κ3) is 3.61. The minimum atomic E-state index is -0.578. The van der Waals surface area contributed by atoms with E-state index < -0.39 is 6.04 Å². The predicted octanol–water partition coefficient (Wildman–Crippen LogP) is 1.18. The van der Waals surface area contributed by atoms with Crippen LogP contribution in [0.4, 0.5) is 5.69 Å². The van der Waals surface area contributed by atoms with Crippen molar-refractivity contribution in [2.24, 2.45) is 0 Å². The van der Waals surface area contributed by atoms with Crippen molar-refractivity contribution in [3.63, 3.8) is 0 Å². The van der Waals surface area contributed by atoms with E-state index in [4.69, 9.17) is 4.74 Å². The van der Waals surface area contributed by atoms with Crippen molar-refractivity contribution in [3.8, 4) is 11.1 Å². The average molecular weight is 396 g/mol. The molecular weight excluding hydrogens is 372 g/mol. The first-order chi connectivity index (χ1) is 14.0. The lowest BCUT2D eigenvalue weighted by atomic mass is 10.1. The van der Waals surface area contributed by atoms with Crippen LogP contribution in [0.5, 0.6) is 0 Å². The van der Waals surface area contributed by atoms with Gasteiger partial charge in [0.25, 0.3) is 5.56 Å². The fourth-order valence-corrected chi connectivity index (χ4v) is 3.83. The molecule has 8 heteroatoms. The summed E-state index contributed by atoms with van der Waals surface area (Å²) >= 11 is 0. The highest BCUT2D eigenvalue weighted by Gasteiger charge is 2.39. The zero-order valence-electron chi connectivity index (χ0n) is 16.6. The summed E-state index contributed by atoms with van der Waals surface area (Å²) in [6.07, 6.45) is 3.39. The van der Waals surface area contributed by atoms with Gasteiger partial charge in [0, 0.05) is 43.7 Å². The van der Waals surface area contributed by atoms with E-state index >= 15 is 0 Å². The maximum atomic E-state index is 13.0. The summed E-state index contributed by atoms with van der Waals surface area (Å²) in [6, 6.07) is 4.49. The second kappa shape index (κ2) is 7.88. The van der Waals surface area contributed by atoms with Crippen molar-refractivity contribution in [1.82, 2.24) is 14.5 Å². The Morgan fingerprint density at radius 2 is 1.97 bits per heavy atom. The topological polar surface area (TPSA) is 84.7 Å². The number of carbonyl (C=O) groups is 2. The summed E-state index contributed by atoms with van der Waals surface area (Å²) in [5.74, 6) is -0.274. The van der Waals surface area contributed by atoms with Gasteiger partial charge in [-0.05, 0) is 31.5 Å². The predicted molar refractivity (Wildman–Crippen MR) is 108 cm³/mol. The van der Waals surface area contributed by atoms with Gasteiger partial charge in [0.2, 0.25) is 11.7 Å². The molecule has 8 nitrogen and oxygen atoms in total. The Balaban J connectivity index is 1.67. The van der Waals surface area contributed by atoms with Crippen LogP contribution in [0.3, 0.4) is 0 Å². The van der Waals surface area contributed by atoms with Gasteiger partial charge in [-0.1, -0.05) is 0 Å². The number of carbonyl (C=O) groups excluding carboxylic acids is 2. The standard InChI is InChI=1S/C21H24N4O4/c1-3-24-12-15(4-5-18(24)26)16-10-17-20(22-11-16)21(28)14(2)25(17)19(27)13-23-6-8-29-9-7-23/h4-5,10-12,14H,3,6-9,13H2,1-2H3. The molecule has 152 valence electrons. The van der Waals surface area contributed by atoms with Crippen LogP contribution in [0.1, 0.15) is 24.3 Å². The van der Waals surface area contributed by atoms with E-state index in [1.54, 1.807) is 34.9 Å². The summed E-state index contributed by atoms with van der Waals surface area (Å²) < 4.78 is 6.95. The monoisotopic (exact) mass is 396 g/mol. The van der Waals surface area contributed by atoms with Crippen molar-refractivity contribution in [2.75, 3.05) is 37.7 Å². The minimum absolute atomic E-state index is 0.0727. The van der Waals surface area contributed by atoms with Crippen molar-refractivity contribution in [3.05, 3.63) is 46.6 Å². The number of aryl methyl sites for hydroxylation is 1. The molecule has 4 heterocycles. The second-order valence-corrected chi connectivity index (χ2v) is 7.33. The van der Waals surface area contributed by atoms with Crippen molar-refractivity contribution < 1.29 is 14.3 Å². The van der Waals surface area contributed by atoms with Gasteiger partial charge in [-0.2, -0.15) is 0 Å². The lowest BCUT2D eigenvalue weighted by molar-refractivity contribution is -0.120. The Labute approximate surface area is 168 Å². The van der Waals surface area contributed by atoms with Crippen LogP contribution in [0.25, 0.3) is 11.1 Å². The molecule has 2 aliphatic heterocycles. The zero-order chi connectivity index (χ0) is 20.5. The highest BCUT2D eigenvalue weighted by Crippen LogP contribution is 2.34. The number of pyridine rings is 2. The van der Waals surface area contributed by atoms with Gasteiger partial charge in [0.15, 0.2) is 0 Å². The highest BCUT2D eigenvalue weighted by atomic mass is 16.5. The molecule has 1 atom stereocenters. The molecule has 0 N–H and O–H groups in total. The number of nitrogens with zero attached hydrogens (tertiary/aromatic N) is 4. The third-order valence-corrected chi connectivity index (χ3v) is 5.52. The molecule has 1 amide bonds. The molecule has 2 aromatic rings. The molecule has 1 saturated heterocycles. The maximum Gasteiger partial charge on any atom is 0.250 e. The maximum absolute atomic E-state index is 13.0. The Kier molecular flexibility index (Phi) is 5.29. The Bertz CT molecular complexity index is 1010. The van der Waals surface area contributed by atoms with Gasteiger partial charge in [0.05, 0.1) is 31.5 Å². The van der Waals surface area contributed by atoms with E-state index in [2.05, 4.69) is 4.98 Å². The van der Waals surface area contributed by atoms with Crippen molar-refractivity contribution >= 4 is 17.4 Å². The van der Waals surface area contributed by atoms with Crippen LogP contribution in [0, 0.1) is 0 Å². The van der Waals surface area contributed by atoms with Gasteiger partial charge in [-0.25, -0.2) is 0 Å². The van der Waals surface area contributed by atoms with Crippen molar-refractivity contribution in [1.29, 1.82) is 0 Å². The van der Waals surface area contributed by atoms with Gasteiger partial charge < -0.3 is 9.30 Å². The number of hydrogen-bond donors (Lipinski definition) is 0. The molecule has 29 heavy (non-hydrogen) atoms. The summed E-state index contributed by atoms with van der Waals surface area (Å²) in [4.78, 5) is 45.5. The number of aromatic nitrogens is 2. The number of ketones is 1. The fraction of sp³-hybridized carbons (Fsp3) is 0.429. The molecule has 2 aliphatic rings. The number of Topliss-reactive ketones (excluding diaryl/α,β-unsaturated/α-hetero) is 1. The molecule has 0 aromatic carbocycles. The third-order valence-electron chi connectivity index (χ3n) is 5.52. The molecule has 1 unspecified atom stereocenters. The van der Waals surface area contributed by atoms with Crippen LogP contribution in [-0.4, -0.2) is 65.0 Å². The molecule has 0 aliphatic carbocycles. The lowest BCUT2D eigenvalue weighted by Gasteiger charge is -2.29. The molecule has 1 fully saturated rings. The Morgan fingerprint density at radius 3 is 2.69 bits per heavy atom. The van der Waals surface area contributed by atoms with Crippen LogP contribution < -0.4 is 10.5 Å². The molecular formula is C21H24N4O4. The Hall–Kier alpha value is -2.84. The SMILES string of the molecule is CCn1cc(-c2cnc3c(c2)N(C(=O)CN2CCOCC2)C(C)C3=O)ccc1=O. The molecule has 0 bridgehead atoms. The van der Waals surface area contributed by atoms with E-state index in [1.807, 2.05) is 17.9 Å². The minimum Gasteiger partial charge on any atom is -0.379 e. The number of morpholine rings is 1. The lowest BCUT2D eigenvalue weighted by Crippen LogP contribution is -2.47. The number of rotatable bonds is 4. The molecule has 0 radical (unpaired) electrons. The molecule has 0 saturated carbocycles. The number of fused-ring (bicyclic) bond motifs is 1. The van der Waals surface area contributed by atoms with E-state index in [1.165, 1.54) is 6.07 Å². The Morgan fingerprint density at radius 1 is 1.21 bits per heavy atom. The first-order valence-corrected chi connectivity index (χ1v) is 9.87. The van der Waals surface area contributed by atoms with Gasteiger partial charge in [0.1, 0.15) is 5.69 Å². The molecule has 2 aromatic heterocycles. The fourth-order valence-electron chi connectivity index (χ4n) is 3.83. The largest absolute Gasteiger partial charge is 0.379 e. The quantitative estimate of drug-likeness (QED) is 0.772. The van der Waals surface area contributed by atoms with Crippen molar-refractivity contribution in [2.45, 2.75) is 26.4 Å². The highest BCUT2D eigenvalue weighted by molar-refractivity contribution is 6.17. The summed E-state index contributed by atoms with van der Waals surface area (Å²) in [7, 11) is 0. The van der Waals surface area contributed by atoms with Crippen LogP contribution in [0.2, 0.25) is 0 Å². The number of anilines is 1. The smallest absolute Gasteiger partial charge is 0.250 e. The summed E-state index contributed by atoms with van der Waals surface area (Å²) in [6.45, 7) is 7.05. The van der Waals surface area contributed by atoms with Gasteiger partial charge >= 0.3 is 0 Å². The molecule has 0 spiro atoms. The number of hydrogen-bond acceptors (Lipinski definition) is 6. The number of amides is 1. The van der Waals surface area contributed by atoms with E-state index in [0.717, 1.165) is 11.1 Å². The zero-order valence-corrected chi connectivity index (χ0v) is 16.6. The van der Waals surface area contributed by atoms with Gasteiger partial charge in [-0.15, -0.1) is 0 Å². The first kappa shape index (κ1) is 19.5. The summed E-state index contributed by atoms with van der Waals surface area (Å²) in [5.41, 5.74) is 2.36.